The number of nitrogens with zero attached hydrogens (tertiary/aromatic N) is 2. The molecule has 1 aliphatic heterocycles. The summed E-state index contributed by atoms with van der Waals surface area (Å²) in [4.78, 5) is 6.64. The van der Waals surface area contributed by atoms with Crippen molar-refractivity contribution in [2.24, 2.45) is 0 Å². The van der Waals surface area contributed by atoms with Gasteiger partial charge in [-0.15, -0.1) is 0 Å². The van der Waals surface area contributed by atoms with E-state index in [1.165, 1.54) is 12.0 Å². The summed E-state index contributed by atoms with van der Waals surface area (Å²) in [5.74, 6) is 0. The van der Waals surface area contributed by atoms with Crippen LogP contribution in [0.1, 0.15) is 24.9 Å². The Balaban J connectivity index is 2.09. The quantitative estimate of drug-likeness (QED) is 0.809. The van der Waals surface area contributed by atoms with Gasteiger partial charge >= 0.3 is 0 Å². The van der Waals surface area contributed by atoms with Gasteiger partial charge in [-0.25, -0.2) is 0 Å². The molecule has 1 aromatic heterocycles. The van der Waals surface area contributed by atoms with Crippen molar-refractivity contribution < 1.29 is 0 Å². The molecule has 0 saturated carbocycles. The molecule has 1 saturated heterocycles. The molecule has 1 N–H and O–H groups in total. The topological polar surface area (TPSA) is 28.2 Å². The minimum atomic E-state index is 0.565. The summed E-state index contributed by atoms with van der Waals surface area (Å²) in [6.45, 7) is 6.79. The third-order valence-corrected chi connectivity index (χ3v) is 3.07. The molecule has 0 unspecified atom stereocenters. The van der Waals surface area contributed by atoms with Crippen LogP contribution in [0.15, 0.2) is 24.5 Å². The standard InChI is InChI=1S/C12H19N3/c1-2-12(11-3-5-13-6-4-11)15-9-7-14-8-10-15/h3-6,12,14H,2,7-10H2,1H3/t12-/m0/s1. The number of rotatable bonds is 3. The van der Waals surface area contributed by atoms with E-state index >= 15 is 0 Å². The molecular weight excluding hydrogens is 186 g/mol. The molecule has 3 heteroatoms. The molecule has 0 radical (unpaired) electrons. The van der Waals surface area contributed by atoms with Gasteiger partial charge in [-0.3, -0.25) is 9.88 Å². The lowest BCUT2D eigenvalue weighted by Crippen LogP contribution is -2.45. The van der Waals surface area contributed by atoms with E-state index in [1.807, 2.05) is 12.4 Å². The Hall–Kier alpha value is -0.930. The molecule has 0 aliphatic carbocycles. The van der Waals surface area contributed by atoms with Crippen molar-refractivity contribution in [1.29, 1.82) is 0 Å². The Kier molecular flexibility index (Phi) is 3.69. The van der Waals surface area contributed by atoms with Gasteiger partial charge in [0.25, 0.3) is 0 Å². The zero-order chi connectivity index (χ0) is 10.5. The lowest BCUT2D eigenvalue weighted by molar-refractivity contribution is 0.169. The van der Waals surface area contributed by atoms with Crippen LogP contribution in [-0.2, 0) is 0 Å². The fourth-order valence-electron chi connectivity index (χ4n) is 2.28. The maximum Gasteiger partial charge on any atom is 0.0347 e. The third-order valence-electron chi connectivity index (χ3n) is 3.07. The molecule has 1 aliphatic rings. The van der Waals surface area contributed by atoms with Crippen LogP contribution in [0.4, 0.5) is 0 Å². The van der Waals surface area contributed by atoms with Gasteiger partial charge in [0.1, 0.15) is 0 Å². The van der Waals surface area contributed by atoms with Crippen molar-refractivity contribution in [3.8, 4) is 0 Å². The molecule has 2 heterocycles. The maximum atomic E-state index is 4.08. The SMILES string of the molecule is CC[C@@H](c1ccncc1)N1CCNCC1. The Morgan fingerprint density at radius 2 is 2.00 bits per heavy atom. The van der Waals surface area contributed by atoms with E-state index in [4.69, 9.17) is 0 Å². The van der Waals surface area contributed by atoms with Crippen LogP contribution in [-0.4, -0.2) is 36.1 Å². The Bertz CT molecular complexity index is 280. The highest BCUT2D eigenvalue weighted by Gasteiger charge is 2.19. The lowest BCUT2D eigenvalue weighted by Gasteiger charge is -2.34. The molecule has 0 spiro atoms. The monoisotopic (exact) mass is 205 g/mol. The second kappa shape index (κ2) is 5.24. The molecule has 1 aromatic rings. The van der Waals surface area contributed by atoms with Gasteiger partial charge in [-0.2, -0.15) is 0 Å². The number of hydrogen-bond acceptors (Lipinski definition) is 3. The van der Waals surface area contributed by atoms with Crippen LogP contribution in [0.5, 0.6) is 0 Å². The molecular formula is C12H19N3. The Labute approximate surface area is 91.5 Å². The highest BCUT2D eigenvalue weighted by Crippen LogP contribution is 2.23. The normalized spacial score (nSPS) is 20.1. The van der Waals surface area contributed by atoms with Crippen molar-refractivity contribution in [2.75, 3.05) is 26.2 Å². The molecule has 0 aromatic carbocycles. The second-order valence-corrected chi connectivity index (χ2v) is 3.99. The number of piperazine rings is 1. The molecule has 0 amide bonds. The zero-order valence-corrected chi connectivity index (χ0v) is 9.32. The van der Waals surface area contributed by atoms with E-state index in [1.54, 1.807) is 0 Å². The number of aromatic nitrogens is 1. The van der Waals surface area contributed by atoms with Crippen molar-refractivity contribution in [3.05, 3.63) is 30.1 Å². The average molecular weight is 205 g/mol. The van der Waals surface area contributed by atoms with Crippen LogP contribution >= 0.6 is 0 Å². The van der Waals surface area contributed by atoms with Crippen molar-refractivity contribution in [1.82, 2.24) is 15.2 Å². The summed E-state index contributed by atoms with van der Waals surface area (Å²) in [6, 6.07) is 4.84. The van der Waals surface area contributed by atoms with E-state index in [0.717, 1.165) is 26.2 Å². The predicted molar refractivity (Wildman–Crippen MR) is 61.7 cm³/mol. The first-order valence-corrected chi connectivity index (χ1v) is 5.76. The minimum Gasteiger partial charge on any atom is -0.314 e. The fourth-order valence-corrected chi connectivity index (χ4v) is 2.28. The van der Waals surface area contributed by atoms with E-state index in [9.17, 15) is 0 Å². The van der Waals surface area contributed by atoms with Crippen LogP contribution in [0, 0.1) is 0 Å². The first-order valence-electron chi connectivity index (χ1n) is 5.76. The van der Waals surface area contributed by atoms with Gasteiger partial charge in [0.05, 0.1) is 0 Å². The van der Waals surface area contributed by atoms with Crippen LogP contribution < -0.4 is 5.32 Å². The highest BCUT2D eigenvalue weighted by atomic mass is 15.2. The molecule has 1 fully saturated rings. The Morgan fingerprint density at radius 3 is 2.60 bits per heavy atom. The van der Waals surface area contributed by atoms with Gasteiger partial charge in [-0.1, -0.05) is 6.92 Å². The predicted octanol–water partition coefficient (Wildman–Crippen LogP) is 1.44. The molecule has 1 atom stereocenters. The van der Waals surface area contributed by atoms with E-state index in [-0.39, 0.29) is 0 Å². The lowest BCUT2D eigenvalue weighted by atomic mass is 10.0. The fraction of sp³-hybridized carbons (Fsp3) is 0.583. The zero-order valence-electron chi connectivity index (χ0n) is 9.32. The molecule has 0 bridgehead atoms. The van der Waals surface area contributed by atoms with E-state index in [0.29, 0.717) is 6.04 Å². The number of pyridine rings is 1. The van der Waals surface area contributed by atoms with Crippen LogP contribution in [0.3, 0.4) is 0 Å². The van der Waals surface area contributed by atoms with Gasteiger partial charge in [0.15, 0.2) is 0 Å². The molecule has 3 nitrogen and oxygen atoms in total. The smallest absolute Gasteiger partial charge is 0.0347 e. The van der Waals surface area contributed by atoms with Gasteiger partial charge < -0.3 is 5.32 Å². The van der Waals surface area contributed by atoms with E-state index < -0.39 is 0 Å². The minimum absolute atomic E-state index is 0.565. The van der Waals surface area contributed by atoms with E-state index in [2.05, 4.69) is 34.3 Å². The van der Waals surface area contributed by atoms with Crippen molar-refractivity contribution >= 4 is 0 Å². The van der Waals surface area contributed by atoms with Crippen LogP contribution in [0.25, 0.3) is 0 Å². The van der Waals surface area contributed by atoms with Gasteiger partial charge in [0.2, 0.25) is 0 Å². The summed E-state index contributed by atoms with van der Waals surface area (Å²) >= 11 is 0. The van der Waals surface area contributed by atoms with Crippen LogP contribution in [0.2, 0.25) is 0 Å². The second-order valence-electron chi connectivity index (χ2n) is 3.99. The Morgan fingerprint density at radius 1 is 1.33 bits per heavy atom. The summed E-state index contributed by atoms with van der Waals surface area (Å²) in [5, 5.41) is 3.39. The summed E-state index contributed by atoms with van der Waals surface area (Å²) < 4.78 is 0. The largest absolute Gasteiger partial charge is 0.314 e. The maximum absolute atomic E-state index is 4.08. The van der Waals surface area contributed by atoms with Crippen molar-refractivity contribution in [2.45, 2.75) is 19.4 Å². The average Bonchev–Trinajstić information content (AvgIpc) is 2.33. The summed E-state index contributed by atoms with van der Waals surface area (Å²) in [6.07, 6.45) is 4.95. The first kappa shape index (κ1) is 10.6. The molecule has 82 valence electrons. The van der Waals surface area contributed by atoms with Gasteiger partial charge in [0, 0.05) is 44.6 Å². The first-order chi connectivity index (χ1) is 7.42. The highest BCUT2D eigenvalue weighted by molar-refractivity contribution is 5.15. The summed E-state index contributed by atoms with van der Waals surface area (Å²) in [5.41, 5.74) is 1.40. The summed E-state index contributed by atoms with van der Waals surface area (Å²) in [7, 11) is 0. The number of nitrogens with one attached hydrogen (secondary N) is 1. The third kappa shape index (κ3) is 2.55. The van der Waals surface area contributed by atoms with Gasteiger partial charge in [-0.05, 0) is 24.1 Å². The molecule has 15 heavy (non-hydrogen) atoms. The van der Waals surface area contributed by atoms with Crippen molar-refractivity contribution in [3.63, 3.8) is 0 Å². The number of hydrogen-bond donors (Lipinski definition) is 1. The molecule has 2 rings (SSSR count).